The van der Waals surface area contributed by atoms with Gasteiger partial charge in [-0.2, -0.15) is 0 Å². The number of nitrogens with one attached hydrogen (secondary N) is 1. The van der Waals surface area contributed by atoms with Gasteiger partial charge in [-0.1, -0.05) is 35.9 Å². The quantitative estimate of drug-likeness (QED) is 0.462. The van der Waals surface area contributed by atoms with Crippen LogP contribution in [0.1, 0.15) is 40.9 Å². The number of aromatic amines is 1. The molecule has 1 aliphatic heterocycles. The number of hydrogen-bond acceptors (Lipinski definition) is 3. The minimum atomic E-state index is -1.53. The number of rotatable bonds is 4. The number of carboxylic acid groups (broad SMARTS) is 1. The largest absolute Gasteiger partial charge is 1.00 e. The van der Waals surface area contributed by atoms with Crippen molar-refractivity contribution >= 4 is 11.5 Å². The van der Waals surface area contributed by atoms with Crippen molar-refractivity contribution in [2.24, 2.45) is 0 Å². The van der Waals surface area contributed by atoms with Crippen LogP contribution in [0.15, 0.2) is 78.9 Å². The number of benzene rings is 3. The molecule has 0 radical (unpaired) electrons. The van der Waals surface area contributed by atoms with E-state index < -0.39 is 23.0 Å². The molecule has 0 amide bonds. The first-order valence-corrected chi connectivity index (χ1v) is 11.0. The van der Waals surface area contributed by atoms with Crippen LogP contribution in [0, 0.1) is 12.7 Å². The van der Waals surface area contributed by atoms with E-state index in [0.29, 0.717) is 11.3 Å². The normalized spacial score (nSPS) is 13.8. The molecule has 35 heavy (non-hydrogen) atoms. The molecule has 6 heteroatoms. The molecule has 1 aliphatic rings. The van der Waals surface area contributed by atoms with Crippen molar-refractivity contribution in [1.29, 1.82) is 0 Å². The molecular formula is C29H23FNNaO3. The van der Waals surface area contributed by atoms with Crippen molar-refractivity contribution in [3.05, 3.63) is 107 Å². The topological polar surface area (TPSA) is 65.2 Å². The molecule has 0 bridgehead atoms. The van der Waals surface area contributed by atoms with Crippen molar-refractivity contribution in [2.75, 3.05) is 0 Å². The molecule has 0 fully saturated rings. The van der Waals surface area contributed by atoms with Crippen LogP contribution in [0.25, 0.3) is 28.1 Å². The number of halogens is 1. The van der Waals surface area contributed by atoms with E-state index in [1.807, 2.05) is 38.1 Å². The summed E-state index contributed by atoms with van der Waals surface area (Å²) in [6.07, 6.45) is 2.14. The van der Waals surface area contributed by atoms with Gasteiger partial charge in [0.2, 0.25) is 0 Å². The van der Waals surface area contributed by atoms with Gasteiger partial charge in [0.25, 0.3) is 0 Å². The van der Waals surface area contributed by atoms with Gasteiger partial charge in [-0.25, -0.2) is 4.39 Å². The molecule has 170 valence electrons. The van der Waals surface area contributed by atoms with Crippen LogP contribution in [0.3, 0.4) is 0 Å². The fourth-order valence-corrected chi connectivity index (χ4v) is 4.29. The van der Waals surface area contributed by atoms with Crippen LogP contribution in [-0.2, 0) is 0 Å². The monoisotopic (exact) mass is 475 g/mol. The molecule has 3 aromatic carbocycles. The predicted octanol–water partition coefficient (Wildman–Crippen LogP) is 2.77. The van der Waals surface area contributed by atoms with E-state index >= 15 is 0 Å². The number of fused-ring (bicyclic) bond motifs is 1. The second-order valence-electron chi connectivity index (χ2n) is 9.11. The standard InChI is InChI=1S/C29H24FNO3.Na/c1-17-4-6-18(7-5-17)23-16-29(2,3)34-27-13-9-19(14-22(23)27)25-11-12-26(31-25)20-8-10-21(28(32)33)24(30)15-20;/h4-16,31H,1-3H3,(H,32,33);/q;+1/p-1. The van der Waals surface area contributed by atoms with Gasteiger partial charge in [0.15, 0.2) is 0 Å². The third-order valence-corrected chi connectivity index (χ3v) is 5.99. The number of aryl methyl sites for hydroxylation is 1. The summed E-state index contributed by atoms with van der Waals surface area (Å²) >= 11 is 0. The average Bonchev–Trinajstić information content (AvgIpc) is 3.28. The summed E-state index contributed by atoms with van der Waals surface area (Å²) < 4.78 is 20.4. The number of carbonyl (C=O) groups excluding carboxylic acids is 1. The first kappa shape index (κ1) is 25.0. The molecule has 1 aromatic heterocycles. The summed E-state index contributed by atoms with van der Waals surface area (Å²) in [5.41, 5.74) is 6.60. The SMILES string of the molecule is Cc1ccc(C2=CC(C)(C)Oc3ccc(-c4ccc(-c5ccc(C(=O)[O-])c(F)c5)[nH]4)cc32)cc1.[Na+]. The molecule has 2 heterocycles. The van der Waals surface area contributed by atoms with Crippen LogP contribution in [0.4, 0.5) is 4.39 Å². The van der Waals surface area contributed by atoms with Gasteiger partial charge in [0.1, 0.15) is 17.2 Å². The minimum Gasteiger partial charge on any atom is -0.545 e. The second kappa shape index (κ2) is 9.50. The molecule has 5 rings (SSSR count). The van der Waals surface area contributed by atoms with E-state index in [1.165, 1.54) is 17.7 Å². The number of aromatic nitrogens is 1. The van der Waals surface area contributed by atoms with Crippen molar-refractivity contribution < 1.29 is 48.6 Å². The van der Waals surface area contributed by atoms with E-state index in [9.17, 15) is 14.3 Å². The van der Waals surface area contributed by atoms with Gasteiger partial charge in [-0.05, 0) is 86.0 Å². The van der Waals surface area contributed by atoms with Crippen LogP contribution in [0.2, 0.25) is 0 Å². The maximum Gasteiger partial charge on any atom is 1.00 e. The summed E-state index contributed by atoms with van der Waals surface area (Å²) in [4.78, 5) is 14.3. The summed E-state index contributed by atoms with van der Waals surface area (Å²) in [5.74, 6) is -1.54. The Morgan fingerprint density at radius 2 is 1.49 bits per heavy atom. The molecular weight excluding hydrogens is 452 g/mol. The Labute approximate surface area is 225 Å². The second-order valence-corrected chi connectivity index (χ2v) is 9.11. The molecule has 4 aromatic rings. The van der Waals surface area contributed by atoms with Gasteiger partial charge in [0, 0.05) is 28.1 Å². The molecule has 4 nitrogen and oxygen atoms in total. The Bertz CT molecular complexity index is 1450. The predicted molar refractivity (Wildman–Crippen MR) is 129 cm³/mol. The molecule has 1 N–H and O–H groups in total. The summed E-state index contributed by atoms with van der Waals surface area (Å²) in [6.45, 7) is 6.15. The van der Waals surface area contributed by atoms with Gasteiger partial charge >= 0.3 is 29.6 Å². The molecule has 0 unspecified atom stereocenters. The first-order valence-electron chi connectivity index (χ1n) is 11.0. The van der Waals surface area contributed by atoms with Gasteiger partial charge in [-0.3, -0.25) is 0 Å². The first-order chi connectivity index (χ1) is 16.2. The Morgan fingerprint density at radius 3 is 2.11 bits per heavy atom. The van der Waals surface area contributed by atoms with E-state index in [0.717, 1.165) is 33.7 Å². The zero-order chi connectivity index (χ0) is 24.0. The number of hydrogen-bond donors (Lipinski definition) is 1. The van der Waals surface area contributed by atoms with E-state index in [1.54, 1.807) is 6.07 Å². The van der Waals surface area contributed by atoms with Gasteiger partial charge in [-0.15, -0.1) is 0 Å². The van der Waals surface area contributed by atoms with Crippen LogP contribution in [0.5, 0.6) is 5.75 Å². The van der Waals surface area contributed by atoms with Crippen molar-refractivity contribution in [1.82, 2.24) is 4.98 Å². The van der Waals surface area contributed by atoms with Crippen LogP contribution in [-0.4, -0.2) is 16.6 Å². The van der Waals surface area contributed by atoms with Crippen LogP contribution < -0.4 is 39.4 Å². The Hall–Kier alpha value is -3.12. The molecule has 0 saturated heterocycles. The van der Waals surface area contributed by atoms with E-state index in [2.05, 4.69) is 48.3 Å². The third kappa shape index (κ3) is 4.98. The third-order valence-electron chi connectivity index (χ3n) is 5.99. The fourth-order valence-electron chi connectivity index (χ4n) is 4.29. The zero-order valence-electron chi connectivity index (χ0n) is 20.1. The Balaban J connectivity index is 0.00000289. The summed E-state index contributed by atoms with van der Waals surface area (Å²) in [6, 6.07) is 22.2. The zero-order valence-corrected chi connectivity index (χ0v) is 22.1. The van der Waals surface area contributed by atoms with Gasteiger partial charge < -0.3 is 19.6 Å². The molecule has 0 spiro atoms. The summed E-state index contributed by atoms with van der Waals surface area (Å²) in [5, 5.41) is 11.0. The number of aromatic carboxylic acids is 1. The minimum absolute atomic E-state index is 0. The van der Waals surface area contributed by atoms with Gasteiger partial charge in [0.05, 0.1) is 5.97 Å². The summed E-state index contributed by atoms with van der Waals surface area (Å²) in [7, 11) is 0. The van der Waals surface area contributed by atoms with Crippen molar-refractivity contribution in [3.8, 4) is 28.3 Å². The number of carbonyl (C=O) groups is 1. The van der Waals surface area contributed by atoms with Crippen LogP contribution >= 0.6 is 0 Å². The smallest absolute Gasteiger partial charge is 0.545 e. The molecule has 0 aliphatic carbocycles. The molecule has 0 saturated carbocycles. The number of ether oxygens (including phenoxy) is 1. The number of H-pyrrole nitrogens is 1. The Morgan fingerprint density at radius 1 is 0.886 bits per heavy atom. The number of carboxylic acids is 1. The van der Waals surface area contributed by atoms with Crippen molar-refractivity contribution in [2.45, 2.75) is 26.4 Å². The average molecular weight is 475 g/mol. The van der Waals surface area contributed by atoms with Crippen molar-refractivity contribution in [3.63, 3.8) is 0 Å². The Kier molecular flexibility index (Phi) is 6.78. The van der Waals surface area contributed by atoms with E-state index in [-0.39, 0.29) is 29.6 Å². The molecule has 0 atom stereocenters. The van der Waals surface area contributed by atoms with E-state index in [4.69, 9.17) is 4.74 Å². The maximum absolute atomic E-state index is 14.1. The maximum atomic E-state index is 14.1. The fraction of sp³-hybridized carbons (Fsp3) is 0.138.